The Kier molecular flexibility index (Phi) is 4.81. The van der Waals surface area contributed by atoms with Gasteiger partial charge in [-0.05, 0) is 43.0 Å². The average molecular weight is 293 g/mol. The predicted octanol–water partition coefficient (Wildman–Crippen LogP) is 2.69. The van der Waals surface area contributed by atoms with Gasteiger partial charge in [0.15, 0.2) is 0 Å². The Labute approximate surface area is 124 Å². The van der Waals surface area contributed by atoms with Gasteiger partial charge < -0.3 is 0 Å². The molecule has 0 bridgehead atoms. The average Bonchev–Trinajstić information content (AvgIpc) is 2.79. The molecule has 4 nitrogen and oxygen atoms in total. The zero-order valence-electron chi connectivity index (χ0n) is 12.2. The van der Waals surface area contributed by atoms with Crippen LogP contribution in [0.3, 0.4) is 0 Å². The number of hydrogen-bond donors (Lipinski definition) is 2. The van der Waals surface area contributed by atoms with Crippen molar-refractivity contribution >= 4 is 11.6 Å². The number of nitrogens with zero attached hydrogens (tertiary/aromatic N) is 2. The Morgan fingerprint density at radius 3 is 2.70 bits per heavy atom. The Bertz CT molecular complexity index is 592. The lowest BCUT2D eigenvalue weighted by atomic mass is 10.0. The number of rotatable bonds is 5. The number of nitrogens with one attached hydrogen (secondary N) is 1. The molecule has 20 heavy (non-hydrogen) atoms. The topological polar surface area (TPSA) is 55.9 Å². The fraction of sp³-hybridized carbons (Fsp3) is 0.400. The van der Waals surface area contributed by atoms with E-state index in [-0.39, 0.29) is 6.04 Å². The molecule has 2 aromatic rings. The molecular formula is C15H21ClN4. The highest BCUT2D eigenvalue weighted by Gasteiger charge is 2.17. The third kappa shape index (κ3) is 3.20. The van der Waals surface area contributed by atoms with Crippen LogP contribution in [0.2, 0.25) is 5.02 Å². The van der Waals surface area contributed by atoms with Crippen LogP contribution in [0, 0.1) is 6.92 Å². The maximum atomic E-state index is 6.30. The van der Waals surface area contributed by atoms with Crippen LogP contribution in [0.15, 0.2) is 24.3 Å². The SMILES string of the molecule is CCc1cc(C(Cc2ccc(C)cc2Cl)NN)n(C)n1. The maximum Gasteiger partial charge on any atom is 0.0669 e. The zero-order chi connectivity index (χ0) is 14.7. The van der Waals surface area contributed by atoms with Crippen molar-refractivity contribution in [1.29, 1.82) is 0 Å². The molecule has 1 aromatic heterocycles. The molecule has 5 heteroatoms. The Balaban J connectivity index is 2.26. The molecule has 1 atom stereocenters. The monoisotopic (exact) mass is 292 g/mol. The lowest BCUT2D eigenvalue weighted by molar-refractivity contribution is 0.508. The largest absolute Gasteiger partial charge is 0.271 e. The summed E-state index contributed by atoms with van der Waals surface area (Å²) in [6, 6.07) is 8.18. The number of hydrazine groups is 1. The summed E-state index contributed by atoms with van der Waals surface area (Å²) >= 11 is 6.30. The van der Waals surface area contributed by atoms with Crippen molar-refractivity contribution in [3.8, 4) is 0 Å². The molecule has 108 valence electrons. The van der Waals surface area contributed by atoms with Crippen LogP contribution in [0.25, 0.3) is 0 Å². The number of hydrogen-bond acceptors (Lipinski definition) is 3. The summed E-state index contributed by atoms with van der Waals surface area (Å²) in [4.78, 5) is 0. The van der Waals surface area contributed by atoms with Crippen molar-refractivity contribution in [1.82, 2.24) is 15.2 Å². The van der Waals surface area contributed by atoms with E-state index >= 15 is 0 Å². The van der Waals surface area contributed by atoms with E-state index < -0.39 is 0 Å². The first-order chi connectivity index (χ1) is 9.55. The number of nitrogens with two attached hydrogens (primary N) is 1. The van der Waals surface area contributed by atoms with Crippen LogP contribution >= 0.6 is 11.6 Å². The second kappa shape index (κ2) is 6.39. The minimum absolute atomic E-state index is 0.00648. The standard InChI is InChI=1S/C15H21ClN4/c1-4-12-9-15(20(3)19-12)14(18-17)8-11-6-5-10(2)7-13(11)16/h5-7,9,14,18H,4,8,17H2,1-3H3. The van der Waals surface area contributed by atoms with Gasteiger partial charge in [0, 0.05) is 12.1 Å². The fourth-order valence-corrected chi connectivity index (χ4v) is 2.64. The molecule has 1 unspecified atom stereocenters. The fourth-order valence-electron chi connectivity index (χ4n) is 2.33. The van der Waals surface area contributed by atoms with Crippen LogP contribution in [0.5, 0.6) is 0 Å². The van der Waals surface area contributed by atoms with E-state index in [1.54, 1.807) is 0 Å². The van der Waals surface area contributed by atoms with E-state index in [4.69, 9.17) is 17.4 Å². The summed E-state index contributed by atoms with van der Waals surface area (Å²) in [7, 11) is 1.94. The van der Waals surface area contributed by atoms with Gasteiger partial charge in [-0.3, -0.25) is 16.0 Å². The van der Waals surface area contributed by atoms with Crippen LogP contribution in [0.1, 0.15) is 35.5 Å². The quantitative estimate of drug-likeness (QED) is 0.658. The van der Waals surface area contributed by atoms with Gasteiger partial charge in [-0.15, -0.1) is 0 Å². The first kappa shape index (κ1) is 15.0. The Morgan fingerprint density at radius 2 is 2.15 bits per heavy atom. The van der Waals surface area contributed by atoms with E-state index in [0.717, 1.165) is 40.4 Å². The van der Waals surface area contributed by atoms with Crippen molar-refractivity contribution in [2.75, 3.05) is 0 Å². The second-order valence-electron chi connectivity index (χ2n) is 5.06. The van der Waals surface area contributed by atoms with E-state index in [1.807, 2.05) is 24.7 Å². The summed E-state index contributed by atoms with van der Waals surface area (Å²) < 4.78 is 1.88. The summed E-state index contributed by atoms with van der Waals surface area (Å²) in [5.74, 6) is 5.72. The Hall–Kier alpha value is -1.36. The van der Waals surface area contributed by atoms with E-state index in [9.17, 15) is 0 Å². The molecular weight excluding hydrogens is 272 g/mol. The highest BCUT2D eigenvalue weighted by Crippen LogP contribution is 2.24. The predicted molar refractivity (Wildman–Crippen MR) is 82.5 cm³/mol. The van der Waals surface area contributed by atoms with E-state index in [2.05, 4.69) is 35.6 Å². The van der Waals surface area contributed by atoms with Crippen molar-refractivity contribution in [2.24, 2.45) is 12.9 Å². The molecule has 0 spiro atoms. The highest BCUT2D eigenvalue weighted by molar-refractivity contribution is 6.31. The molecule has 0 amide bonds. The van der Waals surface area contributed by atoms with Gasteiger partial charge in [0.05, 0.1) is 17.4 Å². The third-order valence-corrected chi connectivity index (χ3v) is 3.87. The van der Waals surface area contributed by atoms with Gasteiger partial charge in [-0.1, -0.05) is 30.7 Å². The zero-order valence-corrected chi connectivity index (χ0v) is 12.9. The van der Waals surface area contributed by atoms with Crippen LogP contribution in [0.4, 0.5) is 0 Å². The molecule has 1 aromatic carbocycles. The third-order valence-electron chi connectivity index (χ3n) is 3.52. The molecule has 0 aliphatic rings. The molecule has 0 fully saturated rings. The van der Waals surface area contributed by atoms with Crippen molar-refractivity contribution in [2.45, 2.75) is 32.7 Å². The molecule has 0 aliphatic carbocycles. The summed E-state index contributed by atoms with van der Waals surface area (Å²) in [5, 5.41) is 5.24. The smallest absolute Gasteiger partial charge is 0.0669 e. The van der Waals surface area contributed by atoms with Gasteiger partial charge in [0.1, 0.15) is 0 Å². The van der Waals surface area contributed by atoms with Crippen LogP contribution < -0.4 is 11.3 Å². The minimum atomic E-state index is -0.00648. The molecule has 0 saturated carbocycles. The molecule has 0 saturated heterocycles. The van der Waals surface area contributed by atoms with Crippen molar-refractivity contribution in [3.05, 3.63) is 51.8 Å². The first-order valence-electron chi connectivity index (χ1n) is 6.79. The van der Waals surface area contributed by atoms with Crippen LogP contribution in [-0.2, 0) is 19.9 Å². The molecule has 0 radical (unpaired) electrons. The molecule has 2 rings (SSSR count). The summed E-state index contributed by atoms with van der Waals surface area (Å²) in [6.45, 7) is 4.12. The lowest BCUT2D eigenvalue weighted by Gasteiger charge is -2.17. The second-order valence-corrected chi connectivity index (χ2v) is 5.46. The van der Waals surface area contributed by atoms with Crippen molar-refractivity contribution in [3.63, 3.8) is 0 Å². The first-order valence-corrected chi connectivity index (χ1v) is 7.17. The molecule has 0 aliphatic heterocycles. The maximum absolute atomic E-state index is 6.30. The van der Waals surface area contributed by atoms with E-state index in [0.29, 0.717) is 0 Å². The number of aryl methyl sites for hydroxylation is 3. The van der Waals surface area contributed by atoms with Gasteiger partial charge in [-0.2, -0.15) is 5.10 Å². The van der Waals surface area contributed by atoms with Crippen LogP contribution in [-0.4, -0.2) is 9.78 Å². The number of aromatic nitrogens is 2. The van der Waals surface area contributed by atoms with Gasteiger partial charge in [-0.25, -0.2) is 0 Å². The van der Waals surface area contributed by atoms with Crippen molar-refractivity contribution < 1.29 is 0 Å². The molecule has 1 heterocycles. The van der Waals surface area contributed by atoms with Gasteiger partial charge in [0.2, 0.25) is 0 Å². The lowest BCUT2D eigenvalue weighted by Crippen LogP contribution is -2.31. The molecule has 3 N–H and O–H groups in total. The normalized spacial score (nSPS) is 12.7. The summed E-state index contributed by atoms with van der Waals surface area (Å²) in [6.07, 6.45) is 1.65. The van der Waals surface area contributed by atoms with Gasteiger partial charge >= 0.3 is 0 Å². The van der Waals surface area contributed by atoms with Gasteiger partial charge in [0.25, 0.3) is 0 Å². The number of benzene rings is 1. The van der Waals surface area contributed by atoms with E-state index in [1.165, 1.54) is 0 Å². The Morgan fingerprint density at radius 1 is 1.40 bits per heavy atom. The highest BCUT2D eigenvalue weighted by atomic mass is 35.5. The minimum Gasteiger partial charge on any atom is -0.271 e. The number of halogens is 1. The summed E-state index contributed by atoms with van der Waals surface area (Å²) in [5.41, 5.74) is 7.25.